The fraction of sp³-hybridized carbons (Fsp3) is 0.833. The van der Waals surface area contributed by atoms with Crippen molar-refractivity contribution in [1.82, 2.24) is 0 Å². The predicted octanol–water partition coefficient (Wildman–Crippen LogP) is 4.02. The highest BCUT2D eigenvalue weighted by atomic mass is 14.3. The zero-order chi connectivity index (χ0) is 9.19. The van der Waals surface area contributed by atoms with Crippen LogP contribution in [0, 0.1) is 17.3 Å². The lowest BCUT2D eigenvalue weighted by atomic mass is 9.69. The summed E-state index contributed by atoms with van der Waals surface area (Å²) in [5.74, 6) is 1.71. The smallest absolute Gasteiger partial charge is 0.0233 e. The molecule has 0 N–H and O–H groups in total. The van der Waals surface area contributed by atoms with Crippen molar-refractivity contribution in [3.63, 3.8) is 0 Å². The fourth-order valence-corrected chi connectivity index (χ4v) is 2.23. The molecule has 1 fully saturated rings. The zero-order valence-corrected chi connectivity index (χ0v) is 8.77. The van der Waals surface area contributed by atoms with Gasteiger partial charge in [0.1, 0.15) is 0 Å². The minimum Gasteiger partial charge on any atom is -0.103 e. The Balaban J connectivity index is 2.51. The molecule has 70 valence electrons. The van der Waals surface area contributed by atoms with Crippen LogP contribution in [-0.2, 0) is 0 Å². The lowest BCUT2D eigenvalue weighted by Gasteiger charge is -2.36. The van der Waals surface area contributed by atoms with Gasteiger partial charge in [-0.25, -0.2) is 0 Å². The van der Waals surface area contributed by atoms with Crippen molar-refractivity contribution in [1.29, 1.82) is 0 Å². The molecule has 0 radical (unpaired) electrons. The Kier molecular flexibility index (Phi) is 2.98. The third-order valence-corrected chi connectivity index (χ3v) is 3.27. The van der Waals surface area contributed by atoms with Gasteiger partial charge in [-0.15, -0.1) is 6.58 Å². The summed E-state index contributed by atoms with van der Waals surface area (Å²) in [4.78, 5) is 0. The van der Waals surface area contributed by atoms with Gasteiger partial charge in [0.15, 0.2) is 0 Å². The molecule has 12 heavy (non-hydrogen) atoms. The zero-order valence-electron chi connectivity index (χ0n) is 8.77. The highest BCUT2D eigenvalue weighted by molar-refractivity contribution is 4.88. The van der Waals surface area contributed by atoms with Gasteiger partial charge in [-0.05, 0) is 36.5 Å². The quantitative estimate of drug-likeness (QED) is 0.516. The third kappa shape index (κ3) is 2.36. The van der Waals surface area contributed by atoms with E-state index in [4.69, 9.17) is 0 Å². The monoisotopic (exact) mass is 166 g/mol. The van der Waals surface area contributed by atoms with Gasteiger partial charge < -0.3 is 0 Å². The van der Waals surface area contributed by atoms with E-state index in [1.165, 1.54) is 25.7 Å². The van der Waals surface area contributed by atoms with Crippen molar-refractivity contribution in [2.24, 2.45) is 17.3 Å². The van der Waals surface area contributed by atoms with Crippen molar-refractivity contribution in [2.75, 3.05) is 0 Å². The molecule has 0 amide bonds. The molecule has 0 aromatic heterocycles. The maximum atomic E-state index is 3.90. The van der Waals surface area contributed by atoms with Gasteiger partial charge in [0.25, 0.3) is 0 Å². The molecule has 0 saturated heterocycles. The van der Waals surface area contributed by atoms with Crippen LogP contribution < -0.4 is 0 Å². The Morgan fingerprint density at radius 3 is 2.42 bits per heavy atom. The second kappa shape index (κ2) is 3.64. The average Bonchev–Trinajstić information content (AvgIpc) is 2.03. The number of rotatable bonds is 1. The molecule has 1 saturated carbocycles. The summed E-state index contributed by atoms with van der Waals surface area (Å²) in [6.45, 7) is 11.0. The molecule has 0 bridgehead atoms. The van der Waals surface area contributed by atoms with Gasteiger partial charge in [0, 0.05) is 0 Å². The normalized spacial score (nSPS) is 31.6. The maximum absolute atomic E-state index is 3.90. The summed E-state index contributed by atoms with van der Waals surface area (Å²) in [6.07, 6.45) is 7.72. The molecule has 1 aliphatic carbocycles. The van der Waals surface area contributed by atoms with Crippen molar-refractivity contribution in [3.8, 4) is 0 Å². The lowest BCUT2D eigenvalue weighted by molar-refractivity contribution is 0.157. The van der Waals surface area contributed by atoms with E-state index < -0.39 is 0 Å². The van der Waals surface area contributed by atoms with Crippen molar-refractivity contribution >= 4 is 0 Å². The standard InChI is InChI=1S/C12H22/c1-5-10-7-6-8-11(9-10)12(2,3)4/h5,10-11H,1,6-9H2,2-4H3. The van der Waals surface area contributed by atoms with Gasteiger partial charge in [-0.3, -0.25) is 0 Å². The number of hydrogen-bond donors (Lipinski definition) is 0. The third-order valence-electron chi connectivity index (χ3n) is 3.27. The van der Waals surface area contributed by atoms with Crippen LogP contribution in [0.2, 0.25) is 0 Å². The number of allylic oxidation sites excluding steroid dienone is 1. The SMILES string of the molecule is C=CC1CCCC(C(C)(C)C)C1. The maximum Gasteiger partial charge on any atom is -0.0233 e. The molecule has 0 heteroatoms. The van der Waals surface area contributed by atoms with E-state index in [1.54, 1.807) is 0 Å². The first-order chi connectivity index (χ1) is 5.54. The van der Waals surface area contributed by atoms with E-state index in [1.807, 2.05) is 0 Å². The molecule has 1 rings (SSSR count). The Hall–Kier alpha value is -0.260. The van der Waals surface area contributed by atoms with Crippen LogP contribution in [0.25, 0.3) is 0 Å². The largest absolute Gasteiger partial charge is 0.103 e. The minimum atomic E-state index is 0.502. The summed E-state index contributed by atoms with van der Waals surface area (Å²) in [5, 5.41) is 0. The first kappa shape index (κ1) is 9.83. The Labute approximate surface area is 77.1 Å². The van der Waals surface area contributed by atoms with Crippen LogP contribution in [0.15, 0.2) is 12.7 Å². The van der Waals surface area contributed by atoms with Crippen molar-refractivity contribution < 1.29 is 0 Å². The topological polar surface area (TPSA) is 0 Å². The Morgan fingerprint density at radius 1 is 1.25 bits per heavy atom. The van der Waals surface area contributed by atoms with Crippen LogP contribution in [-0.4, -0.2) is 0 Å². The molecule has 0 aromatic carbocycles. The van der Waals surface area contributed by atoms with Gasteiger partial charge >= 0.3 is 0 Å². The summed E-state index contributed by atoms with van der Waals surface area (Å²) in [7, 11) is 0. The van der Waals surface area contributed by atoms with E-state index in [2.05, 4.69) is 33.4 Å². The Morgan fingerprint density at radius 2 is 1.92 bits per heavy atom. The number of hydrogen-bond acceptors (Lipinski definition) is 0. The second-order valence-electron chi connectivity index (χ2n) is 5.23. The van der Waals surface area contributed by atoms with E-state index in [0.717, 1.165) is 11.8 Å². The van der Waals surface area contributed by atoms with Gasteiger partial charge in [0.2, 0.25) is 0 Å². The summed E-state index contributed by atoms with van der Waals surface area (Å²) in [6, 6.07) is 0. The molecule has 0 spiro atoms. The highest BCUT2D eigenvalue weighted by Gasteiger charge is 2.29. The van der Waals surface area contributed by atoms with Crippen LogP contribution in [0.1, 0.15) is 46.5 Å². The summed E-state index contributed by atoms with van der Waals surface area (Å²) >= 11 is 0. The van der Waals surface area contributed by atoms with E-state index in [0.29, 0.717) is 5.41 Å². The molecular weight excluding hydrogens is 144 g/mol. The van der Waals surface area contributed by atoms with E-state index in [9.17, 15) is 0 Å². The van der Waals surface area contributed by atoms with Crippen LogP contribution in [0.5, 0.6) is 0 Å². The van der Waals surface area contributed by atoms with Gasteiger partial charge in [-0.1, -0.05) is 33.3 Å². The van der Waals surface area contributed by atoms with E-state index in [-0.39, 0.29) is 0 Å². The molecule has 0 heterocycles. The van der Waals surface area contributed by atoms with Gasteiger partial charge in [0.05, 0.1) is 0 Å². The lowest BCUT2D eigenvalue weighted by Crippen LogP contribution is -2.26. The van der Waals surface area contributed by atoms with Crippen LogP contribution >= 0.6 is 0 Å². The average molecular weight is 166 g/mol. The first-order valence-corrected chi connectivity index (χ1v) is 5.16. The van der Waals surface area contributed by atoms with E-state index >= 15 is 0 Å². The molecule has 0 nitrogen and oxygen atoms in total. The molecule has 2 unspecified atom stereocenters. The van der Waals surface area contributed by atoms with Gasteiger partial charge in [-0.2, -0.15) is 0 Å². The minimum absolute atomic E-state index is 0.502. The highest BCUT2D eigenvalue weighted by Crippen LogP contribution is 2.40. The molecule has 1 aliphatic rings. The first-order valence-electron chi connectivity index (χ1n) is 5.16. The molecule has 0 aromatic rings. The van der Waals surface area contributed by atoms with Crippen LogP contribution in [0.3, 0.4) is 0 Å². The summed E-state index contributed by atoms with van der Waals surface area (Å²) in [5.41, 5.74) is 0.502. The fourth-order valence-electron chi connectivity index (χ4n) is 2.23. The van der Waals surface area contributed by atoms with Crippen molar-refractivity contribution in [3.05, 3.63) is 12.7 Å². The molecular formula is C12H22. The van der Waals surface area contributed by atoms with Crippen molar-refractivity contribution in [2.45, 2.75) is 46.5 Å². The van der Waals surface area contributed by atoms with Crippen LogP contribution in [0.4, 0.5) is 0 Å². The molecule has 0 aliphatic heterocycles. The Bertz CT molecular complexity index is 150. The molecule has 2 atom stereocenters. The predicted molar refractivity (Wildman–Crippen MR) is 55.1 cm³/mol. The summed E-state index contributed by atoms with van der Waals surface area (Å²) < 4.78 is 0. The second-order valence-corrected chi connectivity index (χ2v) is 5.23.